The van der Waals surface area contributed by atoms with Gasteiger partial charge in [-0.1, -0.05) is 12.1 Å². The average molecular weight is 330 g/mol. The SMILES string of the molecule is CNC(=O)c1ccc(N2CCC(Oc3ccccc3F)CC2)nn1. The molecule has 6 nitrogen and oxygen atoms in total. The van der Waals surface area contributed by atoms with Crippen molar-refractivity contribution in [2.24, 2.45) is 0 Å². The zero-order chi connectivity index (χ0) is 16.9. The van der Waals surface area contributed by atoms with Crippen molar-refractivity contribution in [2.45, 2.75) is 18.9 Å². The first kappa shape index (κ1) is 16.2. The van der Waals surface area contributed by atoms with Crippen LogP contribution in [0, 0.1) is 5.82 Å². The van der Waals surface area contributed by atoms with Gasteiger partial charge in [0.15, 0.2) is 23.1 Å². The number of nitrogens with zero attached hydrogens (tertiary/aromatic N) is 3. The van der Waals surface area contributed by atoms with Crippen LogP contribution in [0.1, 0.15) is 23.3 Å². The molecule has 0 unspecified atom stereocenters. The summed E-state index contributed by atoms with van der Waals surface area (Å²) >= 11 is 0. The lowest BCUT2D eigenvalue weighted by atomic mass is 10.1. The Morgan fingerprint density at radius 2 is 1.96 bits per heavy atom. The van der Waals surface area contributed by atoms with E-state index >= 15 is 0 Å². The summed E-state index contributed by atoms with van der Waals surface area (Å²) in [5.74, 6) is 0.430. The average Bonchev–Trinajstić information content (AvgIpc) is 2.64. The number of hydrogen-bond acceptors (Lipinski definition) is 5. The van der Waals surface area contributed by atoms with Crippen LogP contribution in [-0.4, -0.2) is 42.3 Å². The molecule has 126 valence electrons. The number of nitrogens with one attached hydrogen (secondary N) is 1. The zero-order valence-corrected chi connectivity index (χ0v) is 13.4. The summed E-state index contributed by atoms with van der Waals surface area (Å²) in [6.07, 6.45) is 1.52. The summed E-state index contributed by atoms with van der Waals surface area (Å²) in [6, 6.07) is 9.89. The van der Waals surface area contributed by atoms with Crippen LogP contribution in [0.5, 0.6) is 5.75 Å². The number of carbonyl (C=O) groups excluding carboxylic acids is 1. The van der Waals surface area contributed by atoms with E-state index in [9.17, 15) is 9.18 Å². The summed E-state index contributed by atoms with van der Waals surface area (Å²) in [5.41, 5.74) is 0.291. The number of hydrogen-bond donors (Lipinski definition) is 1. The fourth-order valence-electron chi connectivity index (χ4n) is 2.67. The third-order valence-corrected chi connectivity index (χ3v) is 4.01. The molecule has 0 aliphatic carbocycles. The maximum atomic E-state index is 13.6. The monoisotopic (exact) mass is 330 g/mol. The van der Waals surface area contributed by atoms with E-state index in [1.807, 2.05) is 0 Å². The van der Waals surface area contributed by atoms with E-state index in [1.165, 1.54) is 6.07 Å². The van der Waals surface area contributed by atoms with Crippen molar-refractivity contribution in [1.29, 1.82) is 0 Å². The number of anilines is 1. The Balaban J connectivity index is 1.57. The van der Waals surface area contributed by atoms with Crippen molar-refractivity contribution in [1.82, 2.24) is 15.5 Å². The van der Waals surface area contributed by atoms with Crippen molar-refractivity contribution in [3.63, 3.8) is 0 Å². The van der Waals surface area contributed by atoms with Gasteiger partial charge in [0.1, 0.15) is 6.10 Å². The molecule has 0 saturated carbocycles. The van der Waals surface area contributed by atoms with E-state index in [4.69, 9.17) is 4.74 Å². The van der Waals surface area contributed by atoms with Gasteiger partial charge in [-0.2, -0.15) is 0 Å². The first-order chi connectivity index (χ1) is 11.7. The number of amides is 1. The van der Waals surface area contributed by atoms with Crippen LogP contribution in [0.15, 0.2) is 36.4 Å². The lowest BCUT2D eigenvalue weighted by Crippen LogP contribution is -2.39. The molecule has 0 atom stereocenters. The zero-order valence-electron chi connectivity index (χ0n) is 13.4. The fraction of sp³-hybridized carbons (Fsp3) is 0.353. The van der Waals surface area contributed by atoms with Crippen molar-refractivity contribution in [3.8, 4) is 5.75 Å². The normalized spacial score (nSPS) is 15.2. The number of carbonyl (C=O) groups is 1. The Bertz CT molecular complexity index is 700. The molecule has 1 amide bonds. The fourth-order valence-corrected chi connectivity index (χ4v) is 2.67. The molecular weight excluding hydrogens is 311 g/mol. The van der Waals surface area contributed by atoms with E-state index in [2.05, 4.69) is 20.4 Å². The van der Waals surface area contributed by atoms with Crippen LogP contribution >= 0.6 is 0 Å². The minimum absolute atomic E-state index is 0.0174. The molecule has 0 radical (unpaired) electrons. The van der Waals surface area contributed by atoms with Crippen molar-refractivity contribution < 1.29 is 13.9 Å². The third kappa shape index (κ3) is 3.61. The molecule has 2 aromatic rings. The highest BCUT2D eigenvalue weighted by molar-refractivity contribution is 5.91. The van der Waals surface area contributed by atoms with E-state index in [-0.39, 0.29) is 17.8 Å². The van der Waals surface area contributed by atoms with Gasteiger partial charge in [-0.05, 0) is 24.3 Å². The van der Waals surface area contributed by atoms with Gasteiger partial charge in [0.25, 0.3) is 5.91 Å². The van der Waals surface area contributed by atoms with Gasteiger partial charge in [-0.15, -0.1) is 10.2 Å². The minimum atomic E-state index is -0.337. The molecule has 2 heterocycles. The molecule has 0 bridgehead atoms. The Kier molecular flexibility index (Phi) is 4.88. The number of benzene rings is 1. The number of rotatable bonds is 4. The molecule has 1 aromatic heterocycles. The summed E-state index contributed by atoms with van der Waals surface area (Å²) in [4.78, 5) is 13.6. The molecule has 24 heavy (non-hydrogen) atoms. The second-order valence-corrected chi connectivity index (χ2v) is 5.59. The summed E-state index contributed by atoms with van der Waals surface area (Å²) in [7, 11) is 1.55. The van der Waals surface area contributed by atoms with Gasteiger partial charge in [0.2, 0.25) is 0 Å². The van der Waals surface area contributed by atoms with Crippen LogP contribution < -0.4 is 15.0 Å². The molecule has 1 aliphatic heterocycles. The molecule has 1 aromatic carbocycles. The molecule has 1 saturated heterocycles. The highest BCUT2D eigenvalue weighted by atomic mass is 19.1. The number of ether oxygens (including phenoxy) is 1. The Morgan fingerprint density at radius 1 is 1.21 bits per heavy atom. The predicted octanol–water partition coefficient (Wildman–Crippen LogP) is 2.02. The van der Waals surface area contributed by atoms with Crippen LogP contribution in [0.3, 0.4) is 0 Å². The maximum absolute atomic E-state index is 13.6. The van der Waals surface area contributed by atoms with Gasteiger partial charge in [0, 0.05) is 33.0 Å². The van der Waals surface area contributed by atoms with Gasteiger partial charge in [0.05, 0.1) is 0 Å². The maximum Gasteiger partial charge on any atom is 0.271 e. The Morgan fingerprint density at radius 3 is 2.58 bits per heavy atom. The second-order valence-electron chi connectivity index (χ2n) is 5.59. The molecule has 3 rings (SSSR count). The van der Waals surface area contributed by atoms with Crippen LogP contribution in [-0.2, 0) is 0 Å². The molecule has 0 spiro atoms. The first-order valence-electron chi connectivity index (χ1n) is 7.89. The molecule has 1 aliphatic rings. The smallest absolute Gasteiger partial charge is 0.271 e. The van der Waals surface area contributed by atoms with Crippen molar-refractivity contribution >= 4 is 11.7 Å². The van der Waals surface area contributed by atoms with Gasteiger partial charge in [-0.3, -0.25) is 4.79 Å². The van der Waals surface area contributed by atoms with Gasteiger partial charge in [-0.25, -0.2) is 4.39 Å². The largest absolute Gasteiger partial charge is 0.487 e. The van der Waals surface area contributed by atoms with Crippen molar-refractivity contribution in [2.75, 3.05) is 25.0 Å². The lowest BCUT2D eigenvalue weighted by Gasteiger charge is -2.32. The topological polar surface area (TPSA) is 67.4 Å². The van der Waals surface area contributed by atoms with Crippen LogP contribution in [0.2, 0.25) is 0 Å². The predicted molar refractivity (Wildman–Crippen MR) is 87.7 cm³/mol. The van der Waals surface area contributed by atoms with E-state index in [0.29, 0.717) is 11.4 Å². The highest BCUT2D eigenvalue weighted by Crippen LogP contribution is 2.23. The van der Waals surface area contributed by atoms with Crippen LogP contribution in [0.4, 0.5) is 10.2 Å². The van der Waals surface area contributed by atoms with Gasteiger partial charge < -0.3 is 15.0 Å². The Labute approximate surface area is 139 Å². The molecule has 1 fully saturated rings. The van der Waals surface area contributed by atoms with E-state index < -0.39 is 0 Å². The van der Waals surface area contributed by atoms with E-state index in [1.54, 1.807) is 37.4 Å². The summed E-state index contributed by atoms with van der Waals surface area (Å²) < 4.78 is 19.4. The molecular formula is C17H19FN4O2. The quantitative estimate of drug-likeness (QED) is 0.929. The highest BCUT2D eigenvalue weighted by Gasteiger charge is 2.22. The van der Waals surface area contributed by atoms with Crippen molar-refractivity contribution in [3.05, 3.63) is 47.9 Å². The van der Waals surface area contributed by atoms with E-state index in [0.717, 1.165) is 31.7 Å². The van der Waals surface area contributed by atoms with Gasteiger partial charge >= 0.3 is 0 Å². The molecule has 1 N–H and O–H groups in total. The number of aromatic nitrogens is 2. The van der Waals surface area contributed by atoms with Crippen LogP contribution in [0.25, 0.3) is 0 Å². The summed E-state index contributed by atoms with van der Waals surface area (Å²) in [6.45, 7) is 1.49. The third-order valence-electron chi connectivity index (χ3n) is 4.01. The molecule has 7 heteroatoms. The standard InChI is InChI=1S/C17H19FN4O2/c1-19-17(23)14-6-7-16(21-20-14)22-10-8-12(9-11-22)24-15-5-3-2-4-13(15)18/h2-7,12H,8-11H2,1H3,(H,19,23). The summed E-state index contributed by atoms with van der Waals surface area (Å²) in [5, 5.41) is 10.6. The first-order valence-corrected chi connectivity index (χ1v) is 7.89. The Hall–Kier alpha value is -2.70. The minimum Gasteiger partial charge on any atom is -0.487 e. The second kappa shape index (κ2) is 7.25. The number of halogens is 1. The number of piperidine rings is 1. The number of para-hydroxylation sites is 1. The lowest BCUT2D eigenvalue weighted by molar-refractivity contribution is 0.0957.